The van der Waals surface area contributed by atoms with Crippen LogP contribution in [0.2, 0.25) is 0 Å². The van der Waals surface area contributed by atoms with Crippen LogP contribution in [-0.4, -0.2) is 49.8 Å². The zero-order valence-electron chi connectivity index (χ0n) is 16.8. The van der Waals surface area contributed by atoms with Crippen LogP contribution in [0.3, 0.4) is 0 Å². The highest BCUT2D eigenvalue weighted by Crippen LogP contribution is 2.33. The Bertz CT molecular complexity index is 953. The highest BCUT2D eigenvalue weighted by molar-refractivity contribution is 7.22. The number of rotatable bonds is 7. The van der Waals surface area contributed by atoms with Gasteiger partial charge in [0.2, 0.25) is 6.10 Å². The minimum Gasteiger partial charge on any atom is -0.485 e. The van der Waals surface area contributed by atoms with Crippen molar-refractivity contribution < 1.29 is 19.2 Å². The number of ether oxygens (including phenoxy) is 2. The minimum absolute atomic E-state index is 0.106. The smallest absolute Gasteiger partial charge is 0.273 e. The number of nitrogens with zero attached hydrogens (tertiary/aromatic N) is 2. The molecule has 4 rings (SSSR count). The van der Waals surface area contributed by atoms with Gasteiger partial charge in [-0.05, 0) is 38.1 Å². The van der Waals surface area contributed by atoms with Gasteiger partial charge in [-0.25, -0.2) is 4.98 Å². The molecule has 0 saturated heterocycles. The number of hydrogen-bond donors (Lipinski definition) is 1. The number of nitrogens with one attached hydrogen (secondary N) is 1. The lowest BCUT2D eigenvalue weighted by Gasteiger charge is -2.30. The number of para-hydroxylation sites is 3. The third-order valence-electron chi connectivity index (χ3n) is 5.25. The fraction of sp³-hybridized carbons (Fsp3) is 0.364. The standard InChI is InChI=1S/C22H25N3O3S/c1-3-24(4-2)13-14-25(22-23-16-9-5-8-12-20(16)29-22)21(26)19-15-27-17-10-6-7-11-18(17)28-19/h5-12,19H,3-4,13-15H2,1-2H3/p+1/t19-/m1/s1. The van der Waals surface area contributed by atoms with Gasteiger partial charge in [0.1, 0.15) is 6.61 Å². The first kappa shape index (κ1) is 19.7. The van der Waals surface area contributed by atoms with E-state index in [0.717, 1.165) is 29.9 Å². The van der Waals surface area contributed by atoms with Crippen molar-refractivity contribution >= 4 is 32.6 Å². The molecule has 7 heteroatoms. The van der Waals surface area contributed by atoms with E-state index >= 15 is 0 Å². The first-order valence-electron chi connectivity index (χ1n) is 10.1. The van der Waals surface area contributed by atoms with Crippen LogP contribution >= 0.6 is 11.3 Å². The third kappa shape index (κ3) is 4.21. The van der Waals surface area contributed by atoms with Gasteiger partial charge in [-0.15, -0.1) is 0 Å². The van der Waals surface area contributed by atoms with Crippen molar-refractivity contribution in [3.8, 4) is 11.5 Å². The van der Waals surface area contributed by atoms with Crippen LogP contribution in [0.1, 0.15) is 13.8 Å². The van der Waals surface area contributed by atoms with Gasteiger partial charge < -0.3 is 14.4 Å². The molecule has 152 valence electrons. The first-order chi connectivity index (χ1) is 14.2. The molecule has 0 radical (unpaired) electrons. The van der Waals surface area contributed by atoms with Crippen LogP contribution in [0.5, 0.6) is 11.5 Å². The molecule has 0 saturated carbocycles. The van der Waals surface area contributed by atoms with Gasteiger partial charge in [-0.2, -0.15) is 0 Å². The summed E-state index contributed by atoms with van der Waals surface area (Å²) in [7, 11) is 0. The average Bonchev–Trinajstić information content (AvgIpc) is 3.20. The summed E-state index contributed by atoms with van der Waals surface area (Å²) in [6, 6.07) is 15.4. The number of thiazole rings is 1. The highest BCUT2D eigenvalue weighted by Gasteiger charge is 2.33. The number of likely N-dealkylation sites (N-methyl/N-ethyl adjacent to an activating group) is 1. The van der Waals surface area contributed by atoms with E-state index in [4.69, 9.17) is 14.5 Å². The molecule has 0 aliphatic carbocycles. The monoisotopic (exact) mass is 412 g/mol. The molecule has 0 fully saturated rings. The predicted octanol–water partition coefficient (Wildman–Crippen LogP) is 2.39. The number of carbonyl (C=O) groups is 1. The largest absolute Gasteiger partial charge is 0.485 e. The lowest BCUT2D eigenvalue weighted by Crippen LogP contribution is -3.12. The fourth-order valence-corrected chi connectivity index (χ4v) is 4.46. The molecule has 3 aromatic rings. The summed E-state index contributed by atoms with van der Waals surface area (Å²) in [6.45, 7) is 8.03. The second-order valence-electron chi connectivity index (χ2n) is 7.03. The number of aromatic nitrogens is 1. The molecule has 1 atom stereocenters. The van der Waals surface area contributed by atoms with Crippen LogP contribution in [0, 0.1) is 0 Å². The molecule has 1 N–H and O–H groups in total. The Morgan fingerprint density at radius 2 is 1.86 bits per heavy atom. The molecular formula is C22H26N3O3S+. The van der Waals surface area contributed by atoms with Crippen molar-refractivity contribution in [1.29, 1.82) is 0 Å². The lowest BCUT2D eigenvalue weighted by molar-refractivity contribution is -0.894. The molecule has 2 heterocycles. The van der Waals surface area contributed by atoms with Crippen molar-refractivity contribution in [2.45, 2.75) is 20.0 Å². The Labute approximate surface area is 174 Å². The summed E-state index contributed by atoms with van der Waals surface area (Å²) in [4.78, 5) is 21.4. The number of benzene rings is 2. The Morgan fingerprint density at radius 3 is 2.62 bits per heavy atom. The minimum atomic E-state index is -0.677. The molecule has 2 aromatic carbocycles. The molecule has 0 spiro atoms. The maximum atomic E-state index is 13.5. The summed E-state index contributed by atoms with van der Waals surface area (Å²) in [5.74, 6) is 1.18. The van der Waals surface area contributed by atoms with Gasteiger partial charge >= 0.3 is 0 Å². The van der Waals surface area contributed by atoms with Crippen molar-refractivity contribution in [2.75, 3.05) is 37.7 Å². The summed E-state index contributed by atoms with van der Waals surface area (Å²) in [5.41, 5.74) is 0.909. The molecule has 0 unspecified atom stereocenters. The summed E-state index contributed by atoms with van der Waals surface area (Å²) in [6.07, 6.45) is -0.677. The van der Waals surface area contributed by atoms with Crippen LogP contribution in [0.4, 0.5) is 5.13 Å². The summed E-state index contributed by atoms with van der Waals surface area (Å²) < 4.78 is 12.8. The van der Waals surface area contributed by atoms with Crippen molar-refractivity contribution in [3.63, 3.8) is 0 Å². The Kier molecular flexibility index (Phi) is 5.97. The van der Waals surface area contributed by atoms with Crippen LogP contribution in [0.25, 0.3) is 10.2 Å². The molecular weight excluding hydrogens is 386 g/mol. The van der Waals surface area contributed by atoms with E-state index in [-0.39, 0.29) is 12.5 Å². The van der Waals surface area contributed by atoms with E-state index in [2.05, 4.69) is 13.8 Å². The van der Waals surface area contributed by atoms with E-state index in [1.807, 2.05) is 48.5 Å². The second kappa shape index (κ2) is 8.80. The number of anilines is 1. The van der Waals surface area contributed by atoms with Gasteiger partial charge in [0.05, 0.1) is 36.4 Å². The number of quaternary nitrogens is 1. The quantitative estimate of drug-likeness (QED) is 0.648. The first-order valence-corrected chi connectivity index (χ1v) is 10.9. The van der Waals surface area contributed by atoms with E-state index in [0.29, 0.717) is 23.2 Å². The maximum Gasteiger partial charge on any atom is 0.273 e. The highest BCUT2D eigenvalue weighted by atomic mass is 32.1. The van der Waals surface area contributed by atoms with Crippen LogP contribution in [0.15, 0.2) is 48.5 Å². The zero-order chi connectivity index (χ0) is 20.2. The SMILES string of the molecule is CC[NH+](CC)CCN(C(=O)[C@H]1COc2ccccc2O1)c1nc2ccccc2s1. The third-order valence-corrected chi connectivity index (χ3v) is 6.31. The van der Waals surface area contributed by atoms with E-state index < -0.39 is 6.10 Å². The number of fused-ring (bicyclic) bond motifs is 2. The maximum absolute atomic E-state index is 13.5. The van der Waals surface area contributed by atoms with Crippen LogP contribution < -0.4 is 19.3 Å². The van der Waals surface area contributed by atoms with Crippen molar-refractivity contribution in [3.05, 3.63) is 48.5 Å². The van der Waals surface area contributed by atoms with E-state index in [1.165, 1.54) is 16.2 Å². The lowest BCUT2D eigenvalue weighted by atomic mass is 10.2. The number of carbonyl (C=O) groups excluding carboxylic acids is 1. The number of hydrogen-bond acceptors (Lipinski definition) is 5. The summed E-state index contributed by atoms with van der Waals surface area (Å²) >= 11 is 1.54. The van der Waals surface area contributed by atoms with Gasteiger partial charge in [0.25, 0.3) is 5.91 Å². The van der Waals surface area contributed by atoms with Gasteiger partial charge in [-0.3, -0.25) is 9.69 Å². The molecule has 6 nitrogen and oxygen atoms in total. The van der Waals surface area contributed by atoms with Gasteiger partial charge in [0, 0.05) is 0 Å². The Hall–Kier alpha value is -2.64. The van der Waals surface area contributed by atoms with Gasteiger partial charge in [0.15, 0.2) is 16.6 Å². The molecule has 1 amide bonds. The zero-order valence-corrected chi connectivity index (χ0v) is 17.6. The van der Waals surface area contributed by atoms with Crippen LogP contribution in [-0.2, 0) is 4.79 Å². The molecule has 1 aromatic heterocycles. The van der Waals surface area contributed by atoms with Gasteiger partial charge in [-0.1, -0.05) is 35.6 Å². The fourth-order valence-electron chi connectivity index (χ4n) is 3.46. The molecule has 1 aliphatic heterocycles. The second-order valence-corrected chi connectivity index (χ2v) is 8.03. The molecule has 29 heavy (non-hydrogen) atoms. The normalized spacial score (nSPS) is 15.6. The molecule has 1 aliphatic rings. The average molecular weight is 413 g/mol. The Balaban J connectivity index is 1.59. The van der Waals surface area contributed by atoms with Crippen molar-refractivity contribution in [2.24, 2.45) is 0 Å². The topological polar surface area (TPSA) is 56.1 Å². The number of amides is 1. The molecule has 0 bridgehead atoms. The summed E-state index contributed by atoms with van der Waals surface area (Å²) in [5, 5.41) is 0.713. The van der Waals surface area contributed by atoms with E-state index in [1.54, 1.807) is 4.90 Å². The van der Waals surface area contributed by atoms with E-state index in [9.17, 15) is 4.79 Å². The predicted molar refractivity (Wildman–Crippen MR) is 115 cm³/mol. The Morgan fingerprint density at radius 1 is 1.14 bits per heavy atom. The van der Waals surface area contributed by atoms with Crippen molar-refractivity contribution in [1.82, 2.24) is 4.98 Å².